The number of aliphatic carboxylic acids is 1. The van der Waals surface area contributed by atoms with Crippen LogP contribution in [-0.4, -0.2) is 91.7 Å². The minimum atomic E-state index is -5.08. The summed E-state index contributed by atoms with van der Waals surface area (Å²) in [6.07, 6.45) is -8.05. The first kappa shape index (κ1) is 31.2. The molecule has 1 aliphatic rings. The number of ether oxygens (including phenoxy) is 1. The van der Waals surface area contributed by atoms with Gasteiger partial charge in [0.1, 0.15) is 17.4 Å². The van der Waals surface area contributed by atoms with Gasteiger partial charge in [-0.1, -0.05) is 0 Å². The van der Waals surface area contributed by atoms with Crippen LogP contribution in [0.4, 0.5) is 32.2 Å². The van der Waals surface area contributed by atoms with E-state index in [0.29, 0.717) is 17.9 Å². The first-order valence-electron chi connectivity index (χ1n) is 12.5. The molecule has 0 spiro atoms. The van der Waals surface area contributed by atoms with Crippen molar-refractivity contribution in [2.45, 2.75) is 26.0 Å². The van der Waals surface area contributed by atoms with E-state index in [1.165, 1.54) is 24.3 Å². The molecule has 3 aromatic heterocycles. The molecule has 1 aliphatic heterocycles. The first-order chi connectivity index (χ1) is 20.2. The van der Waals surface area contributed by atoms with Crippen LogP contribution < -0.4 is 9.64 Å². The number of carbonyl (C=O) groups is 1. The van der Waals surface area contributed by atoms with Gasteiger partial charge in [-0.25, -0.2) is 19.4 Å². The molecule has 0 unspecified atom stereocenters. The predicted octanol–water partition coefficient (Wildman–Crippen LogP) is 4.03. The van der Waals surface area contributed by atoms with Gasteiger partial charge in [-0.2, -0.15) is 13.2 Å². The van der Waals surface area contributed by atoms with E-state index in [0.717, 1.165) is 37.6 Å². The highest BCUT2D eigenvalue weighted by Crippen LogP contribution is 2.27. The van der Waals surface area contributed by atoms with E-state index in [1.807, 2.05) is 13.0 Å². The van der Waals surface area contributed by atoms with Gasteiger partial charge in [0.25, 0.3) is 5.89 Å². The van der Waals surface area contributed by atoms with Crippen molar-refractivity contribution >= 4 is 11.8 Å². The van der Waals surface area contributed by atoms with Crippen molar-refractivity contribution in [1.82, 2.24) is 34.8 Å². The summed E-state index contributed by atoms with van der Waals surface area (Å²) in [4.78, 5) is 22.4. The van der Waals surface area contributed by atoms with E-state index in [2.05, 4.69) is 52.9 Å². The molecule has 0 saturated carbocycles. The largest absolute Gasteiger partial charge is 0.573 e. The second-order valence-electron chi connectivity index (χ2n) is 9.24. The Labute approximate surface area is 239 Å². The van der Waals surface area contributed by atoms with Crippen LogP contribution in [0.1, 0.15) is 11.4 Å². The van der Waals surface area contributed by atoms with Crippen LogP contribution in [0.2, 0.25) is 0 Å². The third kappa shape index (κ3) is 8.63. The van der Waals surface area contributed by atoms with Gasteiger partial charge in [0.2, 0.25) is 11.7 Å². The Hall–Kier alpha value is -4.74. The summed E-state index contributed by atoms with van der Waals surface area (Å²) in [5.74, 6) is -1.000. The quantitative estimate of drug-likeness (QED) is 0.316. The lowest BCUT2D eigenvalue weighted by atomic mass is 10.2. The van der Waals surface area contributed by atoms with Crippen LogP contribution >= 0.6 is 0 Å². The molecule has 18 heteroatoms. The highest BCUT2D eigenvalue weighted by Gasteiger charge is 2.38. The van der Waals surface area contributed by atoms with E-state index in [4.69, 9.17) is 14.3 Å². The van der Waals surface area contributed by atoms with Crippen molar-refractivity contribution in [1.29, 1.82) is 0 Å². The second kappa shape index (κ2) is 12.6. The molecule has 1 fully saturated rings. The van der Waals surface area contributed by atoms with Crippen molar-refractivity contribution in [2.24, 2.45) is 0 Å². The molecular weight excluding hydrogens is 590 g/mol. The lowest BCUT2D eigenvalue weighted by Gasteiger charge is -2.33. The van der Waals surface area contributed by atoms with Crippen LogP contribution in [0.3, 0.4) is 0 Å². The van der Waals surface area contributed by atoms with Crippen molar-refractivity contribution in [3.63, 3.8) is 0 Å². The van der Waals surface area contributed by atoms with Crippen molar-refractivity contribution in [2.75, 3.05) is 38.1 Å². The molecular formula is C25H24F6N8O4. The minimum Gasteiger partial charge on any atom is -0.475 e. The molecule has 1 N–H and O–H groups in total. The van der Waals surface area contributed by atoms with Gasteiger partial charge in [-0.15, -0.1) is 28.5 Å². The number of alkyl halides is 6. The van der Waals surface area contributed by atoms with Gasteiger partial charge < -0.3 is 24.1 Å². The second-order valence-corrected chi connectivity index (χ2v) is 9.24. The number of hydrogen-bond donors (Lipinski definition) is 1. The van der Waals surface area contributed by atoms with Gasteiger partial charge in [0.15, 0.2) is 0 Å². The molecule has 0 amide bonds. The molecule has 1 aromatic carbocycles. The fraction of sp³-hybridized carbons (Fsp3) is 0.360. The number of halogens is 6. The number of likely N-dealkylation sites (N-methyl/N-ethyl adjacent to an activating group) is 1. The zero-order valence-electron chi connectivity index (χ0n) is 22.6. The summed E-state index contributed by atoms with van der Waals surface area (Å²) in [6.45, 7) is 6.16. The van der Waals surface area contributed by atoms with Gasteiger partial charge in [-0.3, -0.25) is 0 Å². The Morgan fingerprint density at radius 1 is 1.00 bits per heavy atom. The summed E-state index contributed by atoms with van der Waals surface area (Å²) in [5, 5.41) is 19.6. The molecule has 0 aliphatic carbocycles. The normalized spacial score (nSPS) is 14.3. The number of aromatic nitrogens is 6. The van der Waals surface area contributed by atoms with Crippen LogP contribution in [0, 0.1) is 6.92 Å². The van der Waals surface area contributed by atoms with Crippen LogP contribution in [0.5, 0.6) is 5.75 Å². The van der Waals surface area contributed by atoms with E-state index in [1.54, 1.807) is 10.9 Å². The van der Waals surface area contributed by atoms with Crippen LogP contribution in [0.25, 0.3) is 23.2 Å². The molecule has 12 nitrogen and oxygen atoms in total. The highest BCUT2D eigenvalue weighted by atomic mass is 19.4. The molecule has 5 rings (SSSR count). The number of nitrogens with zero attached hydrogens (tertiary/aromatic N) is 8. The zero-order chi connectivity index (χ0) is 31.4. The molecule has 4 aromatic rings. The molecule has 0 atom stereocenters. The third-order valence-electron chi connectivity index (χ3n) is 6.02. The van der Waals surface area contributed by atoms with E-state index >= 15 is 0 Å². The number of aryl methyl sites for hydroxylation is 1. The summed E-state index contributed by atoms with van der Waals surface area (Å²) in [6, 6.07) is 9.15. The predicted molar refractivity (Wildman–Crippen MR) is 137 cm³/mol. The molecule has 43 heavy (non-hydrogen) atoms. The van der Waals surface area contributed by atoms with Gasteiger partial charge in [0.05, 0.1) is 6.54 Å². The number of pyridine rings is 1. The fourth-order valence-electron chi connectivity index (χ4n) is 3.83. The topological polar surface area (TPSA) is 136 Å². The van der Waals surface area contributed by atoms with Crippen LogP contribution in [0.15, 0.2) is 47.0 Å². The maximum Gasteiger partial charge on any atom is 0.573 e. The minimum absolute atomic E-state index is 0.107. The Kier molecular flexibility index (Phi) is 9.17. The number of carboxylic acids is 1. The lowest BCUT2D eigenvalue weighted by molar-refractivity contribution is -0.274. The maximum atomic E-state index is 12.4. The summed E-state index contributed by atoms with van der Waals surface area (Å²) in [7, 11) is 2.11. The molecule has 1 saturated heterocycles. The zero-order valence-corrected chi connectivity index (χ0v) is 22.6. The van der Waals surface area contributed by atoms with E-state index in [-0.39, 0.29) is 23.4 Å². The average molecular weight is 615 g/mol. The van der Waals surface area contributed by atoms with Gasteiger partial charge >= 0.3 is 18.5 Å². The number of hydrogen-bond acceptors (Lipinski definition) is 10. The number of anilines is 1. The summed E-state index contributed by atoms with van der Waals surface area (Å²) >= 11 is 0. The van der Waals surface area contributed by atoms with E-state index < -0.39 is 18.5 Å². The number of carboxylic acid groups (broad SMARTS) is 1. The summed E-state index contributed by atoms with van der Waals surface area (Å²) < 4.78 is 80.1. The molecule has 0 bridgehead atoms. The van der Waals surface area contributed by atoms with Gasteiger partial charge in [0, 0.05) is 37.9 Å². The molecule has 4 heterocycles. The molecule has 0 radical (unpaired) electrons. The standard InChI is InChI=1S/C23H23F3N8O2.C2HF3O2/c1-15-28-20(22-30-29-21(35-22)17-3-5-18(6-4-17)36-23(24,25)26)31-34(15)14-16-7-8-27-19(13-16)33-11-9-32(2)10-12-33;3-2(4,5)1(6)7/h3-8,13H,9-12,14H2,1-2H3;(H,6,7). The Morgan fingerprint density at radius 2 is 1.63 bits per heavy atom. The van der Waals surface area contributed by atoms with Crippen molar-refractivity contribution < 1.29 is 45.4 Å². The first-order valence-corrected chi connectivity index (χ1v) is 12.5. The lowest BCUT2D eigenvalue weighted by Crippen LogP contribution is -2.44. The summed E-state index contributed by atoms with van der Waals surface area (Å²) in [5.41, 5.74) is 1.47. The van der Waals surface area contributed by atoms with Crippen LogP contribution in [-0.2, 0) is 11.3 Å². The smallest absolute Gasteiger partial charge is 0.475 e. The highest BCUT2D eigenvalue weighted by molar-refractivity contribution is 5.73. The monoisotopic (exact) mass is 614 g/mol. The number of benzene rings is 1. The Bertz CT molecular complexity index is 1530. The SMILES string of the molecule is Cc1nc(-c2nnc(-c3ccc(OC(F)(F)F)cc3)o2)nn1Cc1ccnc(N2CCN(C)CC2)c1.O=C(O)C(F)(F)F. The number of piperazine rings is 1. The Morgan fingerprint density at radius 3 is 2.23 bits per heavy atom. The number of rotatable bonds is 6. The van der Waals surface area contributed by atoms with Crippen molar-refractivity contribution in [3.8, 4) is 28.9 Å². The average Bonchev–Trinajstić information content (AvgIpc) is 3.56. The molecule has 230 valence electrons. The fourth-order valence-corrected chi connectivity index (χ4v) is 3.83. The van der Waals surface area contributed by atoms with Gasteiger partial charge in [-0.05, 0) is 55.9 Å². The Balaban J connectivity index is 0.000000541. The van der Waals surface area contributed by atoms with E-state index in [9.17, 15) is 26.3 Å². The maximum absolute atomic E-state index is 12.4. The van der Waals surface area contributed by atoms with Crippen molar-refractivity contribution in [3.05, 3.63) is 54.0 Å². The third-order valence-corrected chi connectivity index (χ3v) is 6.02.